The normalized spacial score (nSPS) is 32.9. The summed E-state index contributed by atoms with van der Waals surface area (Å²) in [7, 11) is 0. The lowest BCUT2D eigenvalue weighted by molar-refractivity contribution is -0.0871. The van der Waals surface area contributed by atoms with Gasteiger partial charge in [-0.1, -0.05) is 136 Å². The Balaban J connectivity index is 0.917. The molecule has 0 aromatic heterocycles. The monoisotopic (exact) mass is 570 g/mol. The van der Waals surface area contributed by atoms with Crippen LogP contribution in [0.5, 0.6) is 0 Å². The molecule has 0 radical (unpaired) electrons. The van der Waals surface area contributed by atoms with Crippen LogP contribution in [0.25, 0.3) is 0 Å². The quantitative estimate of drug-likeness (QED) is 0.128. The first-order chi connectivity index (χ1) is 20.2. The van der Waals surface area contributed by atoms with Gasteiger partial charge in [0.2, 0.25) is 0 Å². The summed E-state index contributed by atoms with van der Waals surface area (Å²) in [4.78, 5) is 0. The van der Waals surface area contributed by atoms with Crippen molar-refractivity contribution >= 4 is 0 Å². The molecule has 4 aliphatic carbocycles. The van der Waals surface area contributed by atoms with E-state index in [2.05, 4.69) is 19.2 Å². The van der Waals surface area contributed by atoms with Crippen molar-refractivity contribution in [3.63, 3.8) is 0 Å². The molecule has 1 N–H and O–H groups in total. The maximum absolute atomic E-state index is 3.78. The van der Waals surface area contributed by atoms with Gasteiger partial charge in [0.1, 0.15) is 0 Å². The minimum absolute atomic E-state index is 0.725. The summed E-state index contributed by atoms with van der Waals surface area (Å²) in [5.74, 6) is 6.59. The number of nitrogens with one attached hydrogen (secondary N) is 1. The van der Waals surface area contributed by atoms with E-state index in [1.807, 2.05) is 0 Å². The predicted molar refractivity (Wildman–Crippen MR) is 181 cm³/mol. The summed E-state index contributed by atoms with van der Waals surface area (Å²) in [6.45, 7) is 7.58. The SMILES string of the molecule is CCCCCCCCCCCCCCCCCCNCCCC[C@H]1CCC2C3CCC4CCCC[C@]4(C)C3CCC21. The molecule has 41 heavy (non-hydrogen) atoms. The second-order valence-corrected chi connectivity index (χ2v) is 16.1. The first-order valence-corrected chi connectivity index (χ1v) is 19.9. The van der Waals surface area contributed by atoms with Crippen molar-refractivity contribution < 1.29 is 0 Å². The van der Waals surface area contributed by atoms with Gasteiger partial charge in [-0.3, -0.25) is 0 Å². The van der Waals surface area contributed by atoms with Gasteiger partial charge in [-0.2, -0.15) is 0 Å². The third-order valence-corrected chi connectivity index (χ3v) is 13.4. The summed E-state index contributed by atoms with van der Waals surface area (Å²) in [6, 6.07) is 0. The second kappa shape index (κ2) is 19.4. The standard InChI is InChI=1S/C40H75N/c1-3-4-5-6-7-8-9-10-11-12-13-14-15-16-17-21-32-41-33-22-19-23-34-25-27-37-36(34)29-30-39-38(37)28-26-35-24-18-20-31-40(35,39)2/h34-39,41H,3-33H2,1-2H3/t34-,35?,36?,37?,38?,39?,40-/m0/s1. The van der Waals surface area contributed by atoms with Crippen LogP contribution >= 0.6 is 0 Å². The largest absolute Gasteiger partial charge is 0.317 e. The highest BCUT2D eigenvalue weighted by Crippen LogP contribution is 2.64. The number of fused-ring (bicyclic) bond motifs is 5. The Hall–Kier alpha value is -0.0400. The molecule has 4 saturated carbocycles. The van der Waals surface area contributed by atoms with Crippen molar-refractivity contribution in [2.24, 2.45) is 40.9 Å². The van der Waals surface area contributed by atoms with Crippen LogP contribution in [-0.2, 0) is 0 Å². The first kappa shape index (κ1) is 33.8. The lowest BCUT2D eigenvalue weighted by Gasteiger charge is -2.58. The number of rotatable bonds is 22. The van der Waals surface area contributed by atoms with E-state index in [1.165, 1.54) is 142 Å². The molecule has 7 atom stereocenters. The third kappa shape index (κ3) is 10.5. The van der Waals surface area contributed by atoms with Crippen molar-refractivity contribution in [2.75, 3.05) is 13.1 Å². The van der Waals surface area contributed by atoms with Gasteiger partial charge in [0, 0.05) is 0 Å². The van der Waals surface area contributed by atoms with E-state index in [1.54, 1.807) is 57.8 Å². The van der Waals surface area contributed by atoms with Gasteiger partial charge in [0.25, 0.3) is 0 Å². The van der Waals surface area contributed by atoms with Crippen molar-refractivity contribution in [3.8, 4) is 0 Å². The molecule has 4 rings (SSSR count). The van der Waals surface area contributed by atoms with E-state index in [9.17, 15) is 0 Å². The number of hydrogen-bond donors (Lipinski definition) is 1. The highest BCUT2D eigenvalue weighted by atomic mass is 14.8. The summed E-state index contributed by atoms with van der Waals surface area (Å²) >= 11 is 0. The van der Waals surface area contributed by atoms with E-state index < -0.39 is 0 Å². The Labute approximate surface area is 258 Å². The van der Waals surface area contributed by atoms with Gasteiger partial charge in [0.15, 0.2) is 0 Å². The lowest BCUT2D eigenvalue weighted by Crippen LogP contribution is -2.50. The Morgan fingerprint density at radius 2 is 1.07 bits per heavy atom. The molecular weight excluding hydrogens is 494 g/mol. The highest BCUT2D eigenvalue weighted by molar-refractivity contribution is 5.04. The third-order valence-electron chi connectivity index (χ3n) is 13.4. The van der Waals surface area contributed by atoms with E-state index in [0.717, 1.165) is 40.9 Å². The van der Waals surface area contributed by atoms with Crippen LogP contribution in [0, 0.1) is 40.9 Å². The van der Waals surface area contributed by atoms with Crippen LogP contribution in [0.2, 0.25) is 0 Å². The molecule has 5 unspecified atom stereocenters. The second-order valence-electron chi connectivity index (χ2n) is 16.1. The molecule has 0 saturated heterocycles. The lowest BCUT2D eigenvalue weighted by atomic mass is 9.47. The molecule has 0 aromatic rings. The summed E-state index contributed by atoms with van der Waals surface area (Å²) in [6.07, 6.45) is 43.6. The minimum Gasteiger partial charge on any atom is -0.317 e. The number of unbranched alkanes of at least 4 members (excludes halogenated alkanes) is 16. The zero-order valence-corrected chi connectivity index (χ0v) is 28.4. The van der Waals surface area contributed by atoms with E-state index in [-0.39, 0.29) is 0 Å². The van der Waals surface area contributed by atoms with Gasteiger partial charge in [-0.05, 0) is 118 Å². The average Bonchev–Trinajstić information content (AvgIpc) is 3.41. The molecule has 0 spiro atoms. The van der Waals surface area contributed by atoms with Crippen LogP contribution in [-0.4, -0.2) is 13.1 Å². The van der Waals surface area contributed by atoms with Gasteiger partial charge < -0.3 is 5.32 Å². The van der Waals surface area contributed by atoms with Crippen LogP contribution in [0.4, 0.5) is 0 Å². The fourth-order valence-corrected chi connectivity index (χ4v) is 11.0. The average molecular weight is 570 g/mol. The van der Waals surface area contributed by atoms with Crippen molar-refractivity contribution in [1.29, 1.82) is 0 Å². The summed E-state index contributed by atoms with van der Waals surface area (Å²) < 4.78 is 0. The molecule has 4 fully saturated rings. The predicted octanol–water partition coefficient (Wildman–Crippen LogP) is 12.7. The molecule has 240 valence electrons. The van der Waals surface area contributed by atoms with Crippen LogP contribution < -0.4 is 5.32 Å². The number of hydrogen-bond acceptors (Lipinski definition) is 1. The first-order valence-electron chi connectivity index (χ1n) is 19.9. The molecular formula is C40H75N. The Bertz CT molecular complexity index is 657. The van der Waals surface area contributed by atoms with E-state index in [4.69, 9.17) is 0 Å². The topological polar surface area (TPSA) is 12.0 Å². The van der Waals surface area contributed by atoms with Crippen LogP contribution in [0.3, 0.4) is 0 Å². The fraction of sp³-hybridized carbons (Fsp3) is 1.00. The molecule has 0 amide bonds. The summed E-state index contributed by atoms with van der Waals surface area (Å²) in [5.41, 5.74) is 0.725. The van der Waals surface area contributed by atoms with Gasteiger partial charge in [-0.15, -0.1) is 0 Å². The summed E-state index contributed by atoms with van der Waals surface area (Å²) in [5, 5.41) is 3.78. The maximum atomic E-state index is 3.78. The maximum Gasteiger partial charge on any atom is -0.00489 e. The van der Waals surface area contributed by atoms with E-state index in [0.29, 0.717) is 0 Å². The van der Waals surface area contributed by atoms with E-state index >= 15 is 0 Å². The zero-order valence-electron chi connectivity index (χ0n) is 28.4. The molecule has 0 heterocycles. The Morgan fingerprint density at radius 3 is 1.73 bits per heavy atom. The molecule has 0 bridgehead atoms. The van der Waals surface area contributed by atoms with Crippen LogP contribution in [0.1, 0.15) is 200 Å². The molecule has 1 nitrogen and oxygen atoms in total. The van der Waals surface area contributed by atoms with Gasteiger partial charge in [-0.25, -0.2) is 0 Å². The molecule has 4 aliphatic rings. The molecule has 1 heteroatoms. The fourth-order valence-electron chi connectivity index (χ4n) is 11.0. The highest BCUT2D eigenvalue weighted by Gasteiger charge is 2.55. The van der Waals surface area contributed by atoms with Crippen LogP contribution in [0.15, 0.2) is 0 Å². The Kier molecular flexibility index (Phi) is 16.0. The smallest absolute Gasteiger partial charge is 0.00489 e. The molecule has 0 aliphatic heterocycles. The minimum atomic E-state index is 0.725. The Morgan fingerprint density at radius 1 is 0.512 bits per heavy atom. The zero-order chi connectivity index (χ0) is 28.6. The van der Waals surface area contributed by atoms with Crippen molar-refractivity contribution in [2.45, 2.75) is 200 Å². The van der Waals surface area contributed by atoms with Gasteiger partial charge >= 0.3 is 0 Å². The van der Waals surface area contributed by atoms with Crippen molar-refractivity contribution in [1.82, 2.24) is 5.32 Å². The van der Waals surface area contributed by atoms with Gasteiger partial charge in [0.05, 0.1) is 0 Å². The molecule has 0 aromatic carbocycles. The van der Waals surface area contributed by atoms with Crippen molar-refractivity contribution in [3.05, 3.63) is 0 Å².